The Morgan fingerprint density at radius 3 is 1.29 bits per heavy atom. The van der Waals surface area contributed by atoms with E-state index in [1.165, 1.54) is 12.8 Å². The SMILES string of the molecule is CCCC.[I][Zn][I]. The van der Waals surface area contributed by atoms with Gasteiger partial charge in [0.05, 0.1) is 0 Å². The monoisotopic (exact) mass is 376 g/mol. The van der Waals surface area contributed by atoms with Crippen LogP contribution < -0.4 is 0 Å². The van der Waals surface area contributed by atoms with Gasteiger partial charge in [-0.1, -0.05) is 26.7 Å². The summed E-state index contributed by atoms with van der Waals surface area (Å²) in [5.74, 6) is 0. The van der Waals surface area contributed by atoms with Crippen LogP contribution in [0, 0.1) is 0 Å². The Bertz CT molecular complexity index is 17.2. The number of hydrogen-bond acceptors (Lipinski definition) is 0. The van der Waals surface area contributed by atoms with Crippen molar-refractivity contribution in [2.24, 2.45) is 0 Å². The van der Waals surface area contributed by atoms with E-state index in [9.17, 15) is 0 Å². The second-order valence-electron chi connectivity index (χ2n) is 1.10. The fraction of sp³-hybridized carbons (Fsp3) is 1.00. The molecular formula is C4H10I2Zn. The minimum absolute atomic E-state index is 0.0650. The molecule has 0 atom stereocenters. The van der Waals surface area contributed by atoms with E-state index in [4.69, 9.17) is 0 Å². The number of halogens is 2. The van der Waals surface area contributed by atoms with Crippen LogP contribution in [0.15, 0.2) is 0 Å². The number of unbranched alkanes of at least 4 members (excludes halogenated alkanes) is 1. The van der Waals surface area contributed by atoms with E-state index in [1.807, 2.05) is 0 Å². The molecule has 0 aromatic carbocycles. The number of hydrogen-bond donors (Lipinski definition) is 0. The molecule has 0 nitrogen and oxygen atoms in total. The normalized spacial score (nSPS) is 5.71. The van der Waals surface area contributed by atoms with Gasteiger partial charge in [-0.2, -0.15) is 0 Å². The van der Waals surface area contributed by atoms with Crippen molar-refractivity contribution in [3.63, 3.8) is 0 Å². The molecule has 3 heteroatoms. The maximum atomic E-state index is 2.46. The van der Waals surface area contributed by atoms with Gasteiger partial charge in [0.15, 0.2) is 0 Å². The molecule has 0 saturated carbocycles. The summed E-state index contributed by atoms with van der Waals surface area (Å²) in [7, 11) is 0.0650. The zero-order valence-corrected chi connectivity index (χ0v) is 12.2. The zero-order chi connectivity index (χ0) is 6.12. The summed E-state index contributed by atoms with van der Waals surface area (Å²) in [5.41, 5.74) is 0. The molecule has 0 radical (unpaired) electrons. The number of rotatable bonds is 1. The third-order valence-electron chi connectivity index (χ3n) is 0.500. The van der Waals surface area contributed by atoms with E-state index in [0.29, 0.717) is 0 Å². The maximum absolute atomic E-state index is 2.46. The van der Waals surface area contributed by atoms with Gasteiger partial charge in [0.25, 0.3) is 0 Å². The molecule has 0 aliphatic rings. The summed E-state index contributed by atoms with van der Waals surface area (Å²) < 4.78 is 0. The molecule has 7 heavy (non-hydrogen) atoms. The molecule has 0 unspecified atom stereocenters. The molecular weight excluding hydrogens is 367 g/mol. The van der Waals surface area contributed by atoms with E-state index >= 15 is 0 Å². The standard InChI is InChI=1S/C4H10.2HI.Zn/c1-3-4-2;;;/h3-4H2,1-2H3;2*1H;/q;;;+2/p-2. The zero-order valence-electron chi connectivity index (χ0n) is 4.88. The van der Waals surface area contributed by atoms with Gasteiger partial charge < -0.3 is 0 Å². The van der Waals surface area contributed by atoms with E-state index in [2.05, 4.69) is 53.3 Å². The van der Waals surface area contributed by atoms with Crippen LogP contribution in [0.2, 0.25) is 0 Å². The van der Waals surface area contributed by atoms with E-state index < -0.39 is 0 Å². The molecule has 0 bridgehead atoms. The summed E-state index contributed by atoms with van der Waals surface area (Å²) in [6.07, 6.45) is 2.64. The Labute approximate surface area is 75.2 Å². The summed E-state index contributed by atoms with van der Waals surface area (Å²) in [5, 5.41) is 0. The van der Waals surface area contributed by atoms with Crippen LogP contribution in [0.25, 0.3) is 0 Å². The molecule has 0 N–H and O–H groups in total. The van der Waals surface area contributed by atoms with Gasteiger partial charge in [0, 0.05) is 0 Å². The van der Waals surface area contributed by atoms with Crippen molar-refractivity contribution < 1.29 is 10.1 Å². The first-order valence-corrected chi connectivity index (χ1v) is 20.5. The fourth-order valence-corrected chi connectivity index (χ4v) is 0. The van der Waals surface area contributed by atoms with Crippen molar-refractivity contribution in [2.75, 3.05) is 0 Å². The topological polar surface area (TPSA) is 0 Å². The van der Waals surface area contributed by atoms with E-state index in [1.54, 1.807) is 0 Å². The van der Waals surface area contributed by atoms with Crippen molar-refractivity contribution >= 4 is 39.5 Å². The average Bonchev–Trinajstić information content (AvgIpc) is 1.69. The van der Waals surface area contributed by atoms with Crippen LogP contribution >= 0.6 is 39.5 Å². The van der Waals surface area contributed by atoms with Crippen molar-refractivity contribution in [3.8, 4) is 0 Å². The van der Waals surface area contributed by atoms with Crippen LogP contribution in [0.4, 0.5) is 0 Å². The molecule has 0 aromatic rings. The van der Waals surface area contributed by atoms with Gasteiger partial charge >= 0.3 is 49.6 Å². The quantitative estimate of drug-likeness (QED) is 0.484. The van der Waals surface area contributed by atoms with Gasteiger partial charge in [0.1, 0.15) is 0 Å². The second-order valence-corrected chi connectivity index (χ2v) is 24.6. The van der Waals surface area contributed by atoms with Crippen molar-refractivity contribution in [2.45, 2.75) is 26.7 Å². The Kier molecular flexibility index (Phi) is 26.5. The minimum atomic E-state index is 0.0650. The van der Waals surface area contributed by atoms with Crippen molar-refractivity contribution in [1.29, 1.82) is 0 Å². The molecule has 0 saturated heterocycles. The predicted octanol–water partition coefficient (Wildman–Crippen LogP) is 3.58. The fourth-order valence-electron chi connectivity index (χ4n) is 0. The second kappa shape index (κ2) is 15.7. The van der Waals surface area contributed by atoms with Gasteiger partial charge in [-0.25, -0.2) is 0 Å². The summed E-state index contributed by atoms with van der Waals surface area (Å²) in [6, 6.07) is 0. The third kappa shape index (κ3) is 31.5. The van der Waals surface area contributed by atoms with Crippen LogP contribution in [-0.2, 0) is 10.1 Å². The Hall–Kier alpha value is 2.08. The molecule has 42 valence electrons. The Balaban J connectivity index is 0. The van der Waals surface area contributed by atoms with Gasteiger partial charge in [-0.15, -0.1) is 0 Å². The molecule has 0 rings (SSSR count). The van der Waals surface area contributed by atoms with Gasteiger partial charge in [0.2, 0.25) is 0 Å². The van der Waals surface area contributed by atoms with Crippen LogP contribution in [0.1, 0.15) is 26.7 Å². The third-order valence-corrected chi connectivity index (χ3v) is 0.500. The van der Waals surface area contributed by atoms with Crippen molar-refractivity contribution in [1.82, 2.24) is 0 Å². The first-order chi connectivity index (χ1) is 3.33. The molecule has 0 fully saturated rings. The Morgan fingerprint density at radius 1 is 1.14 bits per heavy atom. The summed E-state index contributed by atoms with van der Waals surface area (Å²) in [6.45, 7) is 4.36. The predicted molar refractivity (Wildman–Crippen MR) is 48.6 cm³/mol. The Morgan fingerprint density at radius 2 is 1.29 bits per heavy atom. The summed E-state index contributed by atoms with van der Waals surface area (Å²) >= 11 is 4.93. The molecule has 0 heterocycles. The average molecular weight is 377 g/mol. The molecule has 0 aliphatic heterocycles. The van der Waals surface area contributed by atoms with Gasteiger partial charge in [-0.05, 0) is 0 Å². The van der Waals surface area contributed by atoms with Crippen LogP contribution in [0.5, 0.6) is 0 Å². The van der Waals surface area contributed by atoms with Crippen LogP contribution in [-0.4, -0.2) is 0 Å². The first-order valence-electron chi connectivity index (χ1n) is 2.45. The first kappa shape index (κ1) is 11.8. The summed E-state index contributed by atoms with van der Waals surface area (Å²) in [4.78, 5) is 0. The molecule has 0 aromatic heterocycles. The van der Waals surface area contributed by atoms with Gasteiger partial charge in [-0.3, -0.25) is 0 Å². The van der Waals surface area contributed by atoms with Crippen molar-refractivity contribution in [3.05, 3.63) is 0 Å². The molecule has 0 aliphatic carbocycles. The van der Waals surface area contributed by atoms with E-state index in [0.717, 1.165) is 0 Å². The van der Waals surface area contributed by atoms with Crippen LogP contribution in [0.3, 0.4) is 0 Å². The molecule has 0 spiro atoms. The molecule has 0 amide bonds. The van der Waals surface area contributed by atoms with E-state index in [-0.39, 0.29) is 10.1 Å².